The molecular weight excluding hydrogens is 300 g/mol. The van der Waals surface area contributed by atoms with Gasteiger partial charge in [-0.3, -0.25) is 4.79 Å². The highest BCUT2D eigenvalue weighted by Crippen LogP contribution is 2.20. The van der Waals surface area contributed by atoms with Crippen LogP contribution in [0, 0.1) is 6.92 Å². The molecule has 8 nitrogen and oxygen atoms in total. The Balaban J connectivity index is 3.11. The van der Waals surface area contributed by atoms with E-state index in [0.717, 1.165) is 7.11 Å². The number of ether oxygens (including phenoxy) is 2. The number of hydrogen-bond donors (Lipinski definition) is 1. The summed E-state index contributed by atoms with van der Waals surface area (Å²) in [4.78, 5) is 22.7. The van der Waals surface area contributed by atoms with E-state index in [2.05, 4.69) is 9.46 Å². The Labute approximate surface area is 123 Å². The first-order valence-corrected chi connectivity index (χ1v) is 7.62. The summed E-state index contributed by atoms with van der Waals surface area (Å²) in [5.41, 5.74) is 0.475. The van der Waals surface area contributed by atoms with Gasteiger partial charge in [-0.2, -0.15) is 4.72 Å². The number of sulfonamides is 1. The topological polar surface area (TPSA) is 104 Å². The summed E-state index contributed by atoms with van der Waals surface area (Å²) < 4.78 is 37.0. The Kier molecular flexibility index (Phi) is 5.50. The molecule has 1 aromatic rings. The molecule has 1 aromatic heterocycles. The first-order chi connectivity index (χ1) is 9.74. The van der Waals surface area contributed by atoms with Gasteiger partial charge < -0.3 is 14.0 Å². The summed E-state index contributed by atoms with van der Waals surface area (Å²) in [6.45, 7) is 2.91. The van der Waals surface area contributed by atoms with Gasteiger partial charge in [0, 0.05) is 12.7 Å². The molecule has 0 unspecified atom stereocenters. The van der Waals surface area contributed by atoms with Gasteiger partial charge in [-0.15, -0.1) is 0 Å². The molecule has 0 saturated heterocycles. The van der Waals surface area contributed by atoms with Crippen LogP contribution in [-0.2, 0) is 31.3 Å². The number of carbonyl (C=O) groups excluding carboxylic acids is 2. The smallest absolute Gasteiger partial charge is 0.354 e. The van der Waals surface area contributed by atoms with Crippen LogP contribution in [0.1, 0.15) is 23.1 Å². The molecule has 118 valence electrons. The van der Waals surface area contributed by atoms with E-state index in [0.29, 0.717) is 5.69 Å². The fourth-order valence-corrected chi connectivity index (χ4v) is 2.90. The minimum Gasteiger partial charge on any atom is -0.468 e. The first-order valence-electron chi connectivity index (χ1n) is 6.14. The second-order valence-corrected chi connectivity index (χ2v) is 5.89. The second-order valence-electron chi connectivity index (χ2n) is 4.16. The van der Waals surface area contributed by atoms with Crippen LogP contribution < -0.4 is 4.72 Å². The van der Waals surface area contributed by atoms with Gasteiger partial charge in [0.25, 0.3) is 0 Å². The van der Waals surface area contributed by atoms with Crippen molar-refractivity contribution in [2.24, 2.45) is 7.05 Å². The summed E-state index contributed by atoms with van der Waals surface area (Å²) in [6.07, 6.45) is 0. The molecule has 0 saturated carbocycles. The molecule has 0 spiro atoms. The van der Waals surface area contributed by atoms with E-state index in [9.17, 15) is 18.0 Å². The fourth-order valence-electron chi connectivity index (χ4n) is 1.65. The van der Waals surface area contributed by atoms with E-state index in [1.54, 1.807) is 20.9 Å². The predicted molar refractivity (Wildman–Crippen MR) is 73.3 cm³/mol. The Morgan fingerprint density at radius 2 is 2.00 bits per heavy atom. The molecule has 0 aliphatic heterocycles. The lowest BCUT2D eigenvalue weighted by Gasteiger charge is -2.06. The van der Waals surface area contributed by atoms with E-state index in [4.69, 9.17) is 4.74 Å². The average Bonchev–Trinajstić information content (AvgIpc) is 2.74. The number of nitrogens with one attached hydrogen (secondary N) is 1. The van der Waals surface area contributed by atoms with Gasteiger partial charge in [0.1, 0.15) is 17.1 Å². The molecule has 0 fully saturated rings. The van der Waals surface area contributed by atoms with Gasteiger partial charge in [0.05, 0.1) is 13.7 Å². The highest BCUT2D eigenvalue weighted by molar-refractivity contribution is 7.89. The van der Waals surface area contributed by atoms with Crippen LogP contribution in [0.3, 0.4) is 0 Å². The van der Waals surface area contributed by atoms with Crippen molar-refractivity contribution in [1.29, 1.82) is 0 Å². The van der Waals surface area contributed by atoms with Crippen molar-refractivity contribution >= 4 is 22.0 Å². The lowest BCUT2D eigenvalue weighted by Crippen LogP contribution is -2.30. The van der Waals surface area contributed by atoms with Crippen LogP contribution in [0.5, 0.6) is 0 Å². The van der Waals surface area contributed by atoms with Crippen LogP contribution in [0.2, 0.25) is 0 Å². The third-order valence-corrected chi connectivity index (χ3v) is 4.41. The molecule has 0 bridgehead atoms. The van der Waals surface area contributed by atoms with Crippen molar-refractivity contribution in [2.75, 3.05) is 20.3 Å². The SMILES string of the molecule is CCOC(=O)c1cc(S(=O)(=O)NCC(=O)OC)c(C)n1C. The van der Waals surface area contributed by atoms with Gasteiger partial charge in [-0.25, -0.2) is 13.2 Å². The zero-order valence-electron chi connectivity index (χ0n) is 12.3. The van der Waals surface area contributed by atoms with Crippen molar-refractivity contribution in [2.45, 2.75) is 18.7 Å². The molecule has 0 amide bonds. The van der Waals surface area contributed by atoms with Gasteiger partial charge in [-0.05, 0) is 19.9 Å². The molecule has 9 heteroatoms. The molecule has 0 atom stereocenters. The fraction of sp³-hybridized carbons (Fsp3) is 0.500. The van der Waals surface area contributed by atoms with Crippen LogP contribution in [0.15, 0.2) is 11.0 Å². The Bertz CT molecular complexity index is 647. The number of hydrogen-bond acceptors (Lipinski definition) is 6. The lowest BCUT2D eigenvalue weighted by atomic mass is 10.4. The third-order valence-electron chi connectivity index (χ3n) is 2.90. The van der Waals surface area contributed by atoms with Crippen LogP contribution in [-0.4, -0.2) is 45.2 Å². The quantitative estimate of drug-likeness (QED) is 0.738. The molecule has 0 aliphatic rings. The van der Waals surface area contributed by atoms with Crippen LogP contribution in [0.25, 0.3) is 0 Å². The van der Waals surface area contributed by atoms with E-state index in [1.807, 2.05) is 0 Å². The summed E-state index contributed by atoms with van der Waals surface area (Å²) in [7, 11) is -1.21. The monoisotopic (exact) mass is 318 g/mol. The van der Waals surface area contributed by atoms with E-state index < -0.39 is 28.5 Å². The minimum absolute atomic E-state index is 0.0862. The van der Waals surface area contributed by atoms with Crippen molar-refractivity contribution in [3.05, 3.63) is 17.5 Å². The standard InChI is InChI=1S/C12H18N2O6S/c1-5-20-12(16)9-6-10(8(2)14(9)3)21(17,18)13-7-11(15)19-4/h6,13H,5,7H2,1-4H3. The predicted octanol–water partition coefficient (Wildman–Crippen LogP) is -0.0385. The summed E-state index contributed by atoms with van der Waals surface area (Å²) in [5.74, 6) is -1.32. The normalized spacial score (nSPS) is 11.2. The zero-order chi connectivity index (χ0) is 16.2. The molecule has 0 radical (unpaired) electrons. The van der Waals surface area contributed by atoms with Crippen molar-refractivity contribution in [3.63, 3.8) is 0 Å². The second kappa shape index (κ2) is 6.72. The third kappa shape index (κ3) is 3.82. The van der Waals surface area contributed by atoms with Gasteiger partial charge >= 0.3 is 11.9 Å². The molecular formula is C12H18N2O6S. The van der Waals surface area contributed by atoms with E-state index in [-0.39, 0.29) is 17.2 Å². The number of methoxy groups -OCH3 is 1. The van der Waals surface area contributed by atoms with Gasteiger partial charge in [0.15, 0.2) is 0 Å². The Hall–Kier alpha value is -1.87. The summed E-state index contributed by atoms with van der Waals surface area (Å²) in [5, 5.41) is 0. The van der Waals surface area contributed by atoms with Crippen LogP contribution >= 0.6 is 0 Å². The highest BCUT2D eigenvalue weighted by Gasteiger charge is 2.25. The van der Waals surface area contributed by atoms with Crippen molar-refractivity contribution in [3.8, 4) is 0 Å². The van der Waals surface area contributed by atoms with Crippen molar-refractivity contribution < 1.29 is 27.5 Å². The first kappa shape index (κ1) is 17.2. The zero-order valence-corrected chi connectivity index (χ0v) is 13.1. The van der Waals surface area contributed by atoms with Gasteiger partial charge in [0.2, 0.25) is 10.0 Å². The Morgan fingerprint density at radius 1 is 1.38 bits per heavy atom. The van der Waals surface area contributed by atoms with Crippen molar-refractivity contribution in [1.82, 2.24) is 9.29 Å². The van der Waals surface area contributed by atoms with E-state index in [1.165, 1.54) is 10.6 Å². The van der Waals surface area contributed by atoms with E-state index >= 15 is 0 Å². The highest BCUT2D eigenvalue weighted by atomic mass is 32.2. The Morgan fingerprint density at radius 3 is 2.52 bits per heavy atom. The maximum Gasteiger partial charge on any atom is 0.354 e. The van der Waals surface area contributed by atoms with Gasteiger partial charge in [-0.1, -0.05) is 0 Å². The average molecular weight is 318 g/mol. The number of carbonyl (C=O) groups is 2. The maximum absolute atomic E-state index is 12.1. The molecule has 0 aromatic carbocycles. The molecule has 1 heterocycles. The number of nitrogens with zero attached hydrogens (tertiary/aromatic N) is 1. The molecule has 0 aliphatic carbocycles. The molecule has 1 N–H and O–H groups in total. The number of esters is 2. The largest absolute Gasteiger partial charge is 0.468 e. The lowest BCUT2D eigenvalue weighted by molar-refractivity contribution is -0.139. The summed E-state index contributed by atoms with van der Waals surface area (Å²) >= 11 is 0. The molecule has 21 heavy (non-hydrogen) atoms. The number of rotatable bonds is 6. The van der Waals surface area contributed by atoms with Crippen LogP contribution in [0.4, 0.5) is 0 Å². The minimum atomic E-state index is -3.93. The summed E-state index contributed by atoms with van der Waals surface area (Å²) in [6, 6.07) is 1.22. The maximum atomic E-state index is 12.1. The number of aromatic nitrogens is 1. The molecule has 1 rings (SSSR count).